The van der Waals surface area contributed by atoms with Gasteiger partial charge in [-0.2, -0.15) is 8.42 Å². The summed E-state index contributed by atoms with van der Waals surface area (Å²) in [5.74, 6) is -1.61. The average Bonchev–Trinajstić information content (AvgIpc) is 2.56. The number of hydrogen-bond donors (Lipinski definition) is 0. The van der Waals surface area contributed by atoms with Crippen LogP contribution in [0.15, 0.2) is 36.4 Å². The predicted molar refractivity (Wildman–Crippen MR) is 62.2 cm³/mol. The maximum atomic E-state index is 11.8. The molecule has 1 aromatic rings. The summed E-state index contributed by atoms with van der Waals surface area (Å²) in [6, 6.07) is 8.44. The van der Waals surface area contributed by atoms with Gasteiger partial charge in [-0.15, -0.1) is 9.35 Å². The fourth-order valence-corrected chi connectivity index (χ4v) is 1.90. The van der Waals surface area contributed by atoms with Crippen LogP contribution in [0.5, 0.6) is 0 Å². The van der Waals surface area contributed by atoms with Crippen molar-refractivity contribution in [1.82, 2.24) is 5.06 Å². The summed E-state index contributed by atoms with van der Waals surface area (Å²) in [5.41, 5.74) is 0.625. The first kappa shape index (κ1) is 12.5. The molecule has 1 aliphatic rings. The van der Waals surface area contributed by atoms with Crippen LogP contribution in [0.1, 0.15) is 5.56 Å². The second-order valence-corrected chi connectivity index (χ2v) is 5.20. The maximum absolute atomic E-state index is 11.8. The van der Waals surface area contributed by atoms with Crippen LogP contribution >= 0.6 is 0 Å². The van der Waals surface area contributed by atoms with E-state index >= 15 is 0 Å². The Labute approximate surface area is 104 Å². The smallest absolute Gasteiger partial charge is 0.267 e. The van der Waals surface area contributed by atoms with E-state index in [9.17, 15) is 18.0 Å². The third-order valence-corrected chi connectivity index (χ3v) is 2.60. The Morgan fingerprint density at radius 3 is 2.28 bits per heavy atom. The highest BCUT2D eigenvalue weighted by Crippen LogP contribution is 2.23. The summed E-state index contributed by atoms with van der Waals surface area (Å²) >= 11 is 0. The number of benzene rings is 1. The predicted octanol–water partition coefficient (Wildman–Crippen LogP) is 0.330. The molecule has 0 atom stereocenters. The number of nitrogens with zero attached hydrogens (tertiary/aromatic N) is 1. The zero-order valence-corrected chi connectivity index (χ0v) is 10.2. The molecule has 0 fully saturated rings. The van der Waals surface area contributed by atoms with E-state index in [1.165, 1.54) is 0 Å². The number of amides is 2. The molecule has 0 aliphatic carbocycles. The van der Waals surface area contributed by atoms with Crippen molar-refractivity contribution in [2.24, 2.45) is 0 Å². The van der Waals surface area contributed by atoms with Crippen molar-refractivity contribution in [3.05, 3.63) is 42.0 Å². The standard InChI is InChI=1S/C11H9NO5S/c1-18(15,16)17-12-10(13)7-9(11(12)14)8-5-3-2-4-6-8/h2-7H,1H3. The molecule has 0 radical (unpaired) electrons. The van der Waals surface area contributed by atoms with Crippen LogP contribution in [0.4, 0.5) is 0 Å². The SMILES string of the molecule is CS(=O)(=O)ON1C(=O)C=C(c2ccccc2)C1=O. The molecule has 2 amide bonds. The van der Waals surface area contributed by atoms with Crippen molar-refractivity contribution < 1.29 is 22.3 Å². The van der Waals surface area contributed by atoms with Crippen molar-refractivity contribution in [2.45, 2.75) is 0 Å². The molecule has 0 saturated carbocycles. The average molecular weight is 267 g/mol. The van der Waals surface area contributed by atoms with Crippen LogP contribution < -0.4 is 0 Å². The molecule has 1 aromatic carbocycles. The molecule has 1 aliphatic heterocycles. The molecule has 1 heterocycles. The van der Waals surface area contributed by atoms with Gasteiger partial charge >= 0.3 is 0 Å². The molecule has 7 heteroatoms. The normalized spacial score (nSPS) is 16.1. The topological polar surface area (TPSA) is 80.8 Å². The number of imide groups is 1. The number of hydroxylamine groups is 2. The lowest BCUT2D eigenvalue weighted by molar-refractivity contribution is -0.161. The number of carbonyl (C=O) groups excluding carboxylic acids is 2. The van der Waals surface area contributed by atoms with E-state index < -0.39 is 21.9 Å². The van der Waals surface area contributed by atoms with Gasteiger partial charge in [0.05, 0.1) is 11.8 Å². The van der Waals surface area contributed by atoms with Crippen molar-refractivity contribution in [3.8, 4) is 0 Å². The van der Waals surface area contributed by atoms with E-state index in [1.807, 2.05) is 0 Å². The van der Waals surface area contributed by atoms with Gasteiger partial charge in [0.2, 0.25) is 0 Å². The van der Waals surface area contributed by atoms with E-state index in [0.717, 1.165) is 12.3 Å². The zero-order valence-electron chi connectivity index (χ0n) is 9.36. The van der Waals surface area contributed by atoms with Gasteiger partial charge in [0.15, 0.2) is 0 Å². The minimum absolute atomic E-state index is 0.101. The fourth-order valence-electron chi connectivity index (χ4n) is 1.48. The largest absolute Gasteiger partial charge is 0.287 e. The van der Waals surface area contributed by atoms with E-state index in [4.69, 9.17) is 0 Å². The van der Waals surface area contributed by atoms with Gasteiger partial charge in [-0.1, -0.05) is 30.3 Å². The van der Waals surface area contributed by atoms with E-state index in [0.29, 0.717) is 5.56 Å². The van der Waals surface area contributed by atoms with Gasteiger partial charge in [0.25, 0.3) is 21.9 Å². The Bertz CT molecular complexity index is 633. The van der Waals surface area contributed by atoms with Crippen molar-refractivity contribution in [2.75, 3.05) is 6.26 Å². The fraction of sp³-hybridized carbons (Fsp3) is 0.0909. The van der Waals surface area contributed by atoms with Gasteiger partial charge in [-0.05, 0) is 5.56 Å². The highest BCUT2D eigenvalue weighted by Gasteiger charge is 2.35. The van der Waals surface area contributed by atoms with Crippen LogP contribution in [0, 0.1) is 0 Å². The molecule has 0 aromatic heterocycles. The summed E-state index contributed by atoms with van der Waals surface area (Å²) in [5, 5.41) is 0.234. The van der Waals surface area contributed by atoms with E-state index in [1.54, 1.807) is 30.3 Å². The first-order valence-corrected chi connectivity index (χ1v) is 6.75. The quantitative estimate of drug-likeness (QED) is 0.737. The second-order valence-electron chi connectivity index (χ2n) is 3.64. The van der Waals surface area contributed by atoms with Gasteiger partial charge in [-0.25, -0.2) is 0 Å². The molecular formula is C11H9NO5S. The highest BCUT2D eigenvalue weighted by atomic mass is 32.2. The molecule has 2 rings (SSSR count). The Hall–Kier alpha value is -1.99. The lowest BCUT2D eigenvalue weighted by Gasteiger charge is -2.11. The van der Waals surface area contributed by atoms with Gasteiger partial charge in [0, 0.05) is 6.08 Å². The summed E-state index contributed by atoms with van der Waals surface area (Å²) in [6.07, 6.45) is 1.80. The minimum Gasteiger partial charge on any atom is -0.267 e. The number of carbonyl (C=O) groups is 2. The zero-order chi connectivity index (χ0) is 13.3. The van der Waals surface area contributed by atoms with Crippen molar-refractivity contribution in [3.63, 3.8) is 0 Å². The van der Waals surface area contributed by atoms with Gasteiger partial charge < -0.3 is 0 Å². The molecule has 0 unspecified atom stereocenters. The molecule has 0 bridgehead atoms. The number of hydrogen-bond acceptors (Lipinski definition) is 5. The van der Waals surface area contributed by atoms with E-state index in [2.05, 4.69) is 4.28 Å². The second kappa shape index (κ2) is 4.35. The van der Waals surface area contributed by atoms with E-state index in [-0.39, 0.29) is 10.6 Å². The molecular weight excluding hydrogens is 258 g/mol. The summed E-state index contributed by atoms with van der Waals surface area (Å²) < 4.78 is 26.2. The highest BCUT2D eigenvalue weighted by molar-refractivity contribution is 7.85. The molecule has 94 valence electrons. The first-order chi connectivity index (χ1) is 8.38. The third kappa shape index (κ3) is 2.47. The molecule has 0 saturated heterocycles. The summed E-state index contributed by atoms with van der Waals surface area (Å²) in [7, 11) is -3.93. The maximum Gasteiger partial charge on any atom is 0.287 e. The lowest BCUT2D eigenvalue weighted by Crippen LogP contribution is -2.33. The molecule has 0 N–H and O–H groups in total. The molecule has 0 spiro atoms. The molecule has 18 heavy (non-hydrogen) atoms. The van der Waals surface area contributed by atoms with Crippen molar-refractivity contribution in [1.29, 1.82) is 0 Å². The van der Waals surface area contributed by atoms with Crippen LogP contribution in [0.25, 0.3) is 5.57 Å². The third-order valence-electron chi connectivity index (χ3n) is 2.18. The Morgan fingerprint density at radius 1 is 1.11 bits per heavy atom. The van der Waals surface area contributed by atoms with Crippen LogP contribution in [0.3, 0.4) is 0 Å². The van der Waals surface area contributed by atoms with Gasteiger partial charge in [-0.3, -0.25) is 9.59 Å². The lowest BCUT2D eigenvalue weighted by atomic mass is 10.1. The van der Waals surface area contributed by atoms with Crippen molar-refractivity contribution >= 4 is 27.5 Å². The summed E-state index contributed by atoms with van der Waals surface area (Å²) in [6.45, 7) is 0. The Balaban J connectivity index is 2.31. The Morgan fingerprint density at radius 2 is 1.72 bits per heavy atom. The minimum atomic E-state index is -3.93. The van der Waals surface area contributed by atoms with Gasteiger partial charge in [0.1, 0.15) is 0 Å². The van der Waals surface area contributed by atoms with Crippen LogP contribution in [0.2, 0.25) is 0 Å². The first-order valence-electron chi connectivity index (χ1n) is 4.93. The van der Waals surface area contributed by atoms with Crippen LogP contribution in [-0.2, 0) is 24.0 Å². The molecule has 6 nitrogen and oxygen atoms in total. The monoisotopic (exact) mass is 267 g/mol. The number of rotatable bonds is 3. The van der Waals surface area contributed by atoms with Crippen LogP contribution in [-0.4, -0.2) is 31.6 Å². The summed E-state index contributed by atoms with van der Waals surface area (Å²) in [4.78, 5) is 23.3. The Kier molecular flexibility index (Phi) is 3.02.